The number of rotatable bonds is 4. The van der Waals surface area contributed by atoms with Crippen molar-refractivity contribution in [3.8, 4) is 0 Å². The van der Waals surface area contributed by atoms with Crippen LogP contribution < -0.4 is 5.32 Å². The van der Waals surface area contributed by atoms with Crippen molar-refractivity contribution in [3.05, 3.63) is 40.0 Å². The molecule has 0 spiro atoms. The molecular formula is C16H19BrN4O4S. The lowest BCUT2D eigenvalue weighted by atomic mass is 10.2. The number of anilines is 1. The zero-order valence-electron chi connectivity index (χ0n) is 14.4. The van der Waals surface area contributed by atoms with Crippen molar-refractivity contribution in [2.24, 2.45) is 7.05 Å². The van der Waals surface area contributed by atoms with Crippen molar-refractivity contribution in [1.82, 2.24) is 14.1 Å². The van der Waals surface area contributed by atoms with Gasteiger partial charge in [-0.3, -0.25) is 9.48 Å². The summed E-state index contributed by atoms with van der Waals surface area (Å²) < 4.78 is 34.3. The van der Waals surface area contributed by atoms with Crippen molar-refractivity contribution in [2.75, 3.05) is 31.6 Å². The molecule has 0 radical (unpaired) electrons. The second kappa shape index (κ2) is 7.47. The summed E-state index contributed by atoms with van der Waals surface area (Å²) in [5.41, 5.74) is 1.02. The Kier molecular flexibility index (Phi) is 5.47. The van der Waals surface area contributed by atoms with Crippen LogP contribution in [0.1, 0.15) is 16.1 Å². The molecule has 3 rings (SSSR count). The first-order valence-electron chi connectivity index (χ1n) is 7.98. The van der Waals surface area contributed by atoms with Gasteiger partial charge >= 0.3 is 0 Å². The number of ether oxygens (including phenoxy) is 1. The van der Waals surface area contributed by atoms with Crippen molar-refractivity contribution >= 4 is 37.7 Å². The molecule has 0 saturated carbocycles. The van der Waals surface area contributed by atoms with E-state index in [1.807, 2.05) is 6.92 Å². The maximum Gasteiger partial charge on any atom is 0.256 e. The van der Waals surface area contributed by atoms with E-state index in [1.165, 1.54) is 10.4 Å². The molecule has 0 bridgehead atoms. The zero-order chi connectivity index (χ0) is 18.9. The summed E-state index contributed by atoms with van der Waals surface area (Å²) in [6, 6.07) is 6.26. The van der Waals surface area contributed by atoms with Crippen LogP contribution in [0.25, 0.3) is 0 Å². The fourth-order valence-electron chi connectivity index (χ4n) is 2.68. The predicted octanol–water partition coefficient (Wildman–Crippen LogP) is 1.76. The van der Waals surface area contributed by atoms with Gasteiger partial charge in [0.25, 0.3) is 5.91 Å². The SMILES string of the molecule is Cc1cc(NC(=O)c2ccc(Br)c(S(=O)(=O)N3CCOCC3)c2)n(C)n1. The normalized spacial score (nSPS) is 15.8. The molecule has 1 fully saturated rings. The van der Waals surface area contributed by atoms with Gasteiger partial charge in [-0.1, -0.05) is 0 Å². The van der Waals surface area contributed by atoms with E-state index in [0.717, 1.165) is 5.69 Å². The van der Waals surface area contributed by atoms with Crippen LogP contribution in [0.15, 0.2) is 33.6 Å². The van der Waals surface area contributed by atoms with E-state index in [1.54, 1.807) is 29.9 Å². The molecule has 10 heteroatoms. The average Bonchev–Trinajstić information content (AvgIpc) is 2.93. The lowest BCUT2D eigenvalue weighted by Gasteiger charge is -2.26. The Morgan fingerprint density at radius 1 is 1.27 bits per heavy atom. The number of amides is 1. The number of aromatic nitrogens is 2. The smallest absolute Gasteiger partial charge is 0.256 e. The number of carbonyl (C=O) groups is 1. The zero-order valence-corrected chi connectivity index (χ0v) is 16.8. The van der Waals surface area contributed by atoms with Gasteiger partial charge in [0, 0.05) is 36.2 Å². The number of nitrogens with one attached hydrogen (secondary N) is 1. The number of hydrogen-bond donors (Lipinski definition) is 1. The number of morpholine rings is 1. The summed E-state index contributed by atoms with van der Waals surface area (Å²) in [5, 5.41) is 6.91. The number of carbonyl (C=O) groups excluding carboxylic acids is 1. The van der Waals surface area contributed by atoms with Crippen molar-refractivity contribution in [1.29, 1.82) is 0 Å². The van der Waals surface area contributed by atoms with Crippen LogP contribution in [0.5, 0.6) is 0 Å². The molecule has 1 amide bonds. The molecule has 0 aliphatic carbocycles. The molecule has 26 heavy (non-hydrogen) atoms. The van der Waals surface area contributed by atoms with Crippen molar-refractivity contribution in [3.63, 3.8) is 0 Å². The monoisotopic (exact) mass is 442 g/mol. The Bertz CT molecular complexity index is 936. The predicted molar refractivity (Wildman–Crippen MR) is 99.6 cm³/mol. The van der Waals surface area contributed by atoms with Gasteiger partial charge in [-0.25, -0.2) is 8.42 Å². The standard InChI is InChI=1S/C16H19BrN4O4S/c1-11-9-15(20(2)19-11)18-16(22)12-3-4-13(17)14(10-12)26(23,24)21-5-7-25-8-6-21/h3-4,9-10H,5-8H2,1-2H3,(H,18,22). The van der Waals surface area contributed by atoms with E-state index in [9.17, 15) is 13.2 Å². The number of halogens is 1. The number of nitrogens with zero attached hydrogens (tertiary/aromatic N) is 3. The minimum atomic E-state index is -3.72. The van der Waals surface area contributed by atoms with Gasteiger partial charge in [0.05, 0.1) is 23.8 Å². The summed E-state index contributed by atoms with van der Waals surface area (Å²) in [6.07, 6.45) is 0. The first-order valence-corrected chi connectivity index (χ1v) is 10.2. The highest BCUT2D eigenvalue weighted by Gasteiger charge is 2.29. The van der Waals surface area contributed by atoms with Gasteiger partial charge in [-0.2, -0.15) is 9.40 Å². The first-order chi connectivity index (χ1) is 12.3. The highest BCUT2D eigenvalue weighted by molar-refractivity contribution is 9.10. The highest BCUT2D eigenvalue weighted by atomic mass is 79.9. The number of aryl methyl sites for hydroxylation is 2. The van der Waals surface area contributed by atoms with Gasteiger partial charge in [0.2, 0.25) is 10.0 Å². The van der Waals surface area contributed by atoms with Crippen LogP contribution in [0.2, 0.25) is 0 Å². The van der Waals surface area contributed by atoms with E-state index in [0.29, 0.717) is 36.6 Å². The van der Waals surface area contributed by atoms with Crippen LogP contribution in [-0.2, 0) is 21.8 Å². The van der Waals surface area contributed by atoms with E-state index in [4.69, 9.17) is 4.74 Å². The van der Waals surface area contributed by atoms with Crippen LogP contribution in [0.4, 0.5) is 5.82 Å². The van der Waals surface area contributed by atoms with E-state index < -0.39 is 15.9 Å². The van der Waals surface area contributed by atoms with Gasteiger partial charge in [-0.05, 0) is 41.1 Å². The molecule has 1 aliphatic rings. The molecule has 0 unspecified atom stereocenters. The molecule has 0 atom stereocenters. The minimum Gasteiger partial charge on any atom is -0.379 e. The lowest BCUT2D eigenvalue weighted by molar-refractivity contribution is 0.0730. The Hall–Kier alpha value is -1.75. The molecule has 1 aliphatic heterocycles. The number of hydrogen-bond acceptors (Lipinski definition) is 5. The van der Waals surface area contributed by atoms with Crippen LogP contribution in [-0.4, -0.2) is 54.7 Å². The summed E-state index contributed by atoms with van der Waals surface area (Å²) >= 11 is 3.28. The van der Waals surface area contributed by atoms with Crippen molar-refractivity contribution < 1.29 is 17.9 Å². The number of benzene rings is 1. The second-order valence-corrected chi connectivity index (χ2v) is 8.67. The average molecular weight is 443 g/mol. The molecular weight excluding hydrogens is 424 g/mol. The topological polar surface area (TPSA) is 93.5 Å². The van der Waals surface area contributed by atoms with E-state index in [2.05, 4.69) is 26.3 Å². The van der Waals surface area contributed by atoms with E-state index in [-0.39, 0.29) is 10.5 Å². The third-order valence-electron chi connectivity index (χ3n) is 4.02. The van der Waals surface area contributed by atoms with Crippen molar-refractivity contribution in [2.45, 2.75) is 11.8 Å². The second-order valence-electron chi connectivity index (χ2n) is 5.91. The third-order valence-corrected chi connectivity index (χ3v) is 6.92. The summed E-state index contributed by atoms with van der Waals surface area (Å²) in [4.78, 5) is 12.6. The maximum atomic E-state index is 12.9. The summed E-state index contributed by atoms with van der Waals surface area (Å²) in [6.45, 7) is 3.12. The third kappa shape index (κ3) is 3.83. The molecule has 2 heterocycles. The van der Waals surface area contributed by atoms with Gasteiger partial charge in [0.15, 0.2) is 0 Å². The number of sulfonamides is 1. The Morgan fingerprint density at radius 3 is 2.58 bits per heavy atom. The summed E-state index contributed by atoms with van der Waals surface area (Å²) in [5.74, 6) is 0.131. The molecule has 1 aromatic carbocycles. The maximum absolute atomic E-state index is 12.9. The van der Waals surface area contributed by atoms with Gasteiger partial charge < -0.3 is 10.1 Å². The Labute approximate surface area is 160 Å². The fourth-order valence-corrected chi connectivity index (χ4v) is 5.04. The molecule has 8 nitrogen and oxygen atoms in total. The fraction of sp³-hybridized carbons (Fsp3) is 0.375. The largest absolute Gasteiger partial charge is 0.379 e. The molecule has 1 aromatic heterocycles. The van der Waals surface area contributed by atoms with Crippen LogP contribution >= 0.6 is 15.9 Å². The minimum absolute atomic E-state index is 0.0632. The molecule has 2 aromatic rings. The summed E-state index contributed by atoms with van der Waals surface area (Å²) in [7, 11) is -2.00. The molecule has 140 valence electrons. The van der Waals surface area contributed by atoms with Crippen LogP contribution in [0, 0.1) is 6.92 Å². The Morgan fingerprint density at radius 2 is 1.96 bits per heavy atom. The molecule has 1 saturated heterocycles. The van der Waals surface area contributed by atoms with E-state index >= 15 is 0 Å². The first kappa shape index (κ1) is 19.0. The highest BCUT2D eigenvalue weighted by Crippen LogP contribution is 2.27. The lowest BCUT2D eigenvalue weighted by Crippen LogP contribution is -2.40. The van der Waals surface area contributed by atoms with Crippen LogP contribution in [0.3, 0.4) is 0 Å². The van der Waals surface area contributed by atoms with Gasteiger partial charge in [0.1, 0.15) is 5.82 Å². The quantitative estimate of drug-likeness (QED) is 0.778. The molecule has 1 N–H and O–H groups in total. The van der Waals surface area contributed by atoms with Gasteiger partial charge in [-0.15, -0.1) is 0 Å². The Balaban J connectivity index is 1.89.